The van der Waals surface area contributed by atoms with Gasteiger partial charge in [-0.1, -0.05) is 100 Å². The molecule has 2 N–H and O–H groups in total. The smallest absolute Gasteiger partial charge is 0.248 e. The van der Waals surface area contributed by atoms with Crippen LogP contribution in [0.1, 0.15) is 87.7 Å². The van der Waals surface area contributed by atoms with Gasteiger partial charge in [-0.3, -0.25) is 18.0 Å². The molecule has 0 aliphatic heterocycles. The number of aryl methyl sites for hydroxylation is 2. The predicted molar refractivity (Wildman–Crippen MR) is 338 cm³/mol. The number of imidazole rings is 2. The molecule has 84 heavy (non-hydrogen) atoms. The van der Waals surface area contributed by atoms with Crippen LogP contribution >= 0.6 is 0 Å². The Hall–Kier alpha value is -8.02. The average Bonchev–Trinajstić information content (AvgIpc) is 4.30. The summed E-state index contributed by atoms with van der Waals surface area (Å²) in [6.07, 6.45) is 22.1. The standard InChI is InChI=1S/C68H76N6O8S2/c1-3-5-39-79-41-43-81-63-27-19-55(20-28-63)57-15-11-13-53(45-57)18-36-68(76)72-60-25-33-66(34-26-60)84(78)50-62-48-70-52-74(62)38-9-7-6-8-10-40-80-42-44-82-64-29-21-56(22-30-64)58-16-12-14-54(46-58)17-35-67(75)71-59-23-31-65(32-24-59)83(77)49-61-47-69-51-73(61)37-4-2/h11-36,45-48,51-52H,3-10,37-44,49-50H2,1-2H3,(H,71,75)(H,72,76)/b35-17+,36-18+/t83-,84+/m1/s1. The van der Waals surface area contributed by atoms with Crippen molar-refractivity contribution in [3.8, 4) is 33.8 Å². The van der Waals surface area contributed by atoms with Crippen molar-refractivity contribution in [3.05, 3.63) is 205 Å². The third kappa shape index (κ3) is 20.4. The maximum Gasteiger partial charge on any atom is 0.248 e. The Morgan fingerprint density at radius 3 is 1.40 bits per heavy atom. The quantitative estimate of drug-likeness (QED) is 0.0288. The molecule has 16 heteroatoms. The second-order valence-electron chi connectivity index (χ2n) is 20.2. The first kappa shape index (κ1) is 62.0. The predicted octanol–water partition coefficient (Wildman–Crippen LogP) is 14.0. The second kappa shape index (κ2) is 33.9. The van der Waals surface area contributed by atoms with Gasteiger partial charge in [0.25, 0.3) is 0 Å². The molecule has 14 nitrogen and oxygen atoms in total. The van der Waals surface area contributed by atoms with Crippen molar-refractivity contribution in [3.63, 3.8) is 0 Å². The fourth-order valence-corrected chi connectivity index (χ4v) is 11.4. The molecule has 0 saturated carbocycles. The van der Waals surface area contributed by atoms with E-state index in [2.05, 4.69) is 39.0 Å². The number of carbonyl (C=O) groups excluding carboxylic acids is 2. The van der Waals surface area contributed by atoms with Crippen LogP contribution in [0.15, 0.2) is 193 Å². The Balaban J connectivity index is 0.656. The normalized spacial score (nSPS) is 12.2. The molecule has 8 rings (SSSR count). The minimum absolute atomic E-state index is 0.258. The molecular weight excluding hydrogens is 1090 g/mol. The Labute approximate surface area is 499 Å². The van der Waals surface area contributed by atoms with E-state index in [1.165, 1.54) is 12.2 Å². The summed E-state index contributed by atoms with van der Waals surface area (Å²) >= 11 is 0. The van der Waals surface area contributed by atoms with E-state index in [-0.39, 0.29) is 11.8 Å². The Morgan fingerprint density at radius 2 is 0.929 bits per heavy atom. The minimum atomic E-state index is -1.28. The third-order valence-electron chi connectivity index (χ3n) is 13.7. The van der Waals surface area contributed by atoms with E-state index >= 15 is 0 Å². The molecule has 0 unspecified atom stereocenters. The lowest BCUT2D eigenvalue weighted by Gasteiger charge is -2.10. The van der Waals surface area contributed by atoms with Crippen LogP contribution in [-0.4, -0.2) is 79.0 Å². The van der Waals surface area contributed by atoms with Crippen molar-refractivity contribution < 1.29 is 37.0 Å². The minimum Gasteiger partial charge on any atom is -0.491 e. The van der Waals surface area contributed by atoms with Crippen LogP contribution in [0.5, 0.6) is 11.5 Å². The average molecular weight is 1170 g/mol. The van der Waals surface area contributed by atoms with E-state index in [1.807, 2.05) is 108 Å². The number of nitrogens with zero attached hydrogens (tertiary/aromatic N) is 4. The van der Waals surface area contributed by atoms with Crippen LogP contribution in [-0.2, 0) is 65.3 Å². The summed E-state index contributed by atoms with van der Waals surface area (Å²) in [7, 11) is -2.51. The van der Waals surface area contributed by atoms with Crippen LogP contribution in [0.2, 0.25) is 0 Å². The highest BCUT2D eigenvalue weighted by molar-refractivity contribution is 7.84. The molecule has 0 aliphatic carbocycles. The number of ether oxygens (including phenoxy) is 4. The molecule has 0 saturated heterocycles. The van der Waals surface area contributed by atoms with Gasteiger partial charge in [0, 0.05) is 72.0 Å². The first-order valence-electron chi connectivity index (χ1n) is 28.9. The van der Waals surface area contributed by atoms with Crippen LogP contribution in [0.25, 0.3) is 34.4 Å². The third-order valence-corrected chi connectivity index (χ3v) is 16.4. The molecule has 2 heterocycles. The first-order chi connectivity index (χ1) is 41.2. The second-order valence-corrected chi connectivity index (χ2v) is 23.1. The molecule has 2 atom stereocenters. The van der Waals surface area contributed by atoms with Gasteiger partial charge in [0.1, 0.15) is 24.7 Å². The molecule has 438 valence electrons. The van der Waals surface area contributed by atoms with Gasteiger partial charge in [0.2, 0.25) is 11.8 Å². The van der Waals surface area contributed by atoms with E-state index in [4.69, 9.17) is 18.9 Å². The number of aromatic nitrogens is 4. The monoisotopic (exact) mass is 1170 g/mol. The lowest BCUT2D eigenvalue weighted by Crippen LogP contribution is -2.08. The highest BCUT2D eigenvalue weighted by Gasteiger charge is 2.13. The molecule has 8 aromatic rings. The van der Waals surface area contributed by atoms with Crippen LogP contribution in [0.3, 0.4) is 0 Å². The number of unbranched alkanes of at least 4 members (excludes halogenated alkanes) is 5. The zero-order valence-electron chi connectivity index (χ0n) is 48.1. The van der Waals surface area contributed by atoms with Crippen molar-refractivity contribution in [1.29, 1.82) is 0 Å². The molecule has 0 radical (unpaired) electrons. The van der Waals surface area contributed by atoms with Crippen molar-refractivity contribution in [2.75, 3.05) is 50.3 Å². The van der Waals surface area contributed by atoms with Gasteiger partial charge < -0.3 is 38.7 Å². The fourth-order valence-electron chi connectivity index (χ4n) is 9.14. The molecule has 6 aromatic carbocycles. The zero-order chi connectivity index (χ0) is 58.6. The molecular formula is C68H76N6O8S2. The van der Waals surface area contributed by atoms with Crippen LogP contribution in [0.4, 0.5) is 11.4 Å². The zero-order valence-corrected chi connectivity index (χ0v) is 49.7. The van der Waals surface area contributed by atoms with Gasteiger partial charge in [0.15, 0.2) is 0 Å². The van der Waals surface area contributed by atoms with Gasteiger partial charge in [-0.05, 0) is 156 Å². The largest absolute Gasteiger partial charge is 0.491 e. The number of nitrogens with one attached hydrogen (secondary N) is 2. The number of amides is 2. The van der Waals surface area contributed by atoms with Gasteiger partial charge in [0.05, 0.1) is 70.4 Å². The highest BCUT2D eigenvalue weighted by Crippen LogP contribution is 2.26. The van der Waals surface area contributed by atoms with E-state index in [9.17, 15) is 18.0 Å². The number of carbonyl (C=O) groups is 2. The van der Waals surface area contributed by atoms with E-state index in [0.29, 0.717) is 65.7 Å². The maximum absolute atomic E-state index is 13.4. The Kier molecular flexibility index (Phi) is 25.1. The molecule has 0 bridgehead atoms. The van der Waals surface area contributed by atoms with Gasteiger partial charge in [-0.25, -0.2) is 9.97 Å². The summed E-state index contributed by atoms with van der Waals surface area (Å²) in [6, 6.07) is 46.2. The van der Waals surface area contributed by atoms with E-state index in [1.54, 1.807) is 79.4 Å². The Morgan fingerprint density at radius 1 is 0.476 bits per heavy atom. The summed E-state index contributed by atoms with van der Waals surface area (Å²) in [5.74, 6) is 1.79. The fraction of sp³-hybridized carbons (Fsp3) is 0.294. The van der Waals surface area contributed by atoms with Gasteiger partial charge in [-0.2, -0.15) is 0 Å². The highest BCUT2D eigenvalue weighted by atomic mass is 32.2. The SMILES string of the molecule is CCCCOCCOc1ccc(-c2cccc(/C=C/C(=O)Nc3ccc([S@@](=O)Cc4cncn4CCCCCCCOCCOc4ccc(-c5cccc(/C=C/C(=O)Nc6ccc([S@](=O)Cc7cncn7CCC)cc6)c5)cc4)cc3)c2)cc1. The van der Waals surface area contributed by atoms with Gasteiger partial charge in [-0.15, -0.1) is 0 Å². The molecule has 2 amide bonds. The number of benzene rings is 6. The summed E-state index contributed by atoms with van der Waals surface area (Å²) in [4.78, 5) is 35.6. The molecule has 2 aromatic heterocycles. The van der Waals surface area contributed by atoms with Gasteiger partial charge >= 0.3 is 0 Å². The van der Waals surface area contributed by atoms with E-state index in [0.717, 1.165) is 127 Å². The lowest BCUT2D eigenvalue weighted by atomic mass is 10.0. The molecule has 0 fully saturated rings. The van der Waals surface area contributed by atoms with Crippen molar-refractivity contribution in [1.82, 2.24) is 19.1 Å². The number of hydrogen-bond donors (Lipinski definition) is 2. The van der Waals surface area contributed by atoms with Crippen LogP contribution < -0.4 is 20.1 Å². The topological polar surface area (TPSA) is 165 Å². The first-order valence-corrected chi connectivity index (χ1v) is 31.6. The maximum atomic E-state index is 13.4. The van der Waals surface area contributed by atoms with Crippen molar-refractivity contribution >= 4 is 56.9 Å². The lowest BCUT2D eigenvalue weighted by molar-refractivity contribution is -0.112. The summed E-state index contributed by atoms with van der Waals surface area (Å²) in [6.45, 7) is 9.38. The number of rotatable bonds is 35. The van der Waals surface area contributed by atoms with E-state index < -0.39 is 21.6 Å². The number of anilines is 2. The summed E-state index contributed by atoms with van der Waals surface area (Å²) in [5.41, 5.74) is 9.04. The number of hydrogen-bond acceptors (Lipinski definition) is 10. The summed E-state index contributed by atoms with van der Waals surface area (Å²) < 4.78 is 53.7. The molecule has 0 spiro atoms. The summed E-state index contributed by atoms with van der Waals surface area (Å²) in [5, 5.41) is 5.80. The Bertz CT molecular complexity index is 3410. The van der Waals surface area contributed by atoms with Crippen LogP contribution in [0, 0.1) is 0 Å². The molecule has 0 aliphatic rings. The van der Waals surface area contributed by atoms with Crippen molar-refractivity contribution in [2.45, 2.75) is 99.6 Å². The van der Waals surface area contributed by atoms with Crippen molar-refractivity contribution in [2.24, 2.45) is 0 Å².